The monoisotopic (exact) mass is 246 g/mol. The molecule has 0 aliphatic carbocycles. The molecule has 3 rings (SSSR count). The van der Waals surface area contributed by atoms with Gasteiger partial charge < -0.3 is 10.1 Å². The summed E-state index contributed by atoms with van der Waals surface area (Å²) < 4.78 is 19.7. The lowest BCUT2D eigenvalue weighted by Gasteiger charge is -2.24. The van der Waals surface area contributed by atoms with Gasteiger partial charge in [0.05, 0.1) is 0 Å². The van der Waals surface area contributed by atoms with Gasteiger partial charge in [-0.1, -0.05) is 0 Å². The number of nitrogens with zero attached hydrogens (tertiary/aromatic N) is 1. The Morgan fingerprint density at radius 3 is 2.94 bits per heavy atom. The number of rotatable bonds is 2. The molecule has 4 heteroatoms. The highest BCUT2D eigenvalue weighted by atomic mass is 19.1. The number of ether oxygens (including phenoxy) is 1. The number of benzene rings is 1. The Kier molecular flexibility index (Phi) is 3.11. The summed E-state index contributed by atoms with van der Waals surface area (Å²) in [5, 5.41) is 4.64. The van der Waals surface area contributed by atoms with Crippen LogP contribution < -0.4 is 10.1 Å². The van der Waals surface area contributed by atoms with Gasteiger partial charge >= 0.3 is 0 Å². The molecule has 1 N–H and O–H groups in total. The van der Waals surface area contributed by atoms with Crippen LogP contribution in [0, 0.1) is 5.82 Å². The van der Waals surface area contributed by atoms with Gasteiger partial charge in [0.2, 0.25) is 0 Å². The molecule has 0 amide bonds. The van der Waals surface area contributed by atoms with E-state index >= 15 is 0 Å². The predicted molar refractivity (Wildman–Crippen MR) is 68.2 cm³/mol. The molecule has 1 fully saturated rings. The number of hydrogen-bond acceptors (Lipinski definition) is 3. The van der Waals surface area contributed by atoms with Gasteiger partial charge in [0.25, 0.3) is 0 Å². The first-order valence-corrected chi connectivity index (χ1v) is 6.23. The van der Waals surface area contributed by atoms with E-state index in [2.05, 4.69) is 10.3 Å². The van der Waals surface area contributed by atoms with E-state index in [0.717, 1.165) is 31.3 Å². The van der Waals surface area contributed by atoms with Crippen LogP contribution in [-0.2, 0) is 0 Å². The standard InChI is InChI=1S/C14H15FN2O/c15-14-8-12(18-11-2-5-16-6-3-11)7-10-1-4-17-9-13(10)14/h1,4,7-9,11,16H,2-3,5-6H2. The third-order valence-corrected chi connectivity index (χ3v) is 3.27. The van der Waals surface area contributed by atoms with E-state index in [1.54, 1.807) is 18.5 Å². The average Bonchev–Trinajstić information content (AvgIpc) is 2.40. The molecule has 0 atom stereocenters. The Morgan fingerprint density at radius 1 is 1.28 bits per heavy atom. The van der Waals surface area contributed by atoms with Gasteiger partial charge in [-0.2, -0.15) is 0 Å². The van der Waals surface area contributed by atoms with Gasteiger partial charge in [0, 0.05) is 23.8 Å². The minimum absolute atomic E-state index is 0.185. The van der Waals surface area contributed by atoms with Crippen molar-refractivity contribution in [2.24, 2.45) is 0 Å². The van der Waals surface area contributed by atoms with Crippen molar-refractivity contribution in [3.05, 3.63) is 36.4 Å². The van der Waals surface area contributed by atoms with Crippen LogP contribution in [0.5, 0.6) is 5.75 Å². The molecule has 1 aliphatic heterocycles. The molecular formula is C14H15FN2O. The summed E-state index contributed by atoms with van der Waals surface area (Å²) in [5.74, 6) is 0.336. The summed E-state index contributed by atoms with van der Waals surface area (Å²) in [6.07, 6.45) is 5.33. The SMILES string of the molecule is Fc1cc(OC2CCNCC2)cc2ccncc12. The van der Waals surface area contributed by atoms with Gasteiger partial charge in [-0.05, 0) is 43.5 Å². The van der Waals surface area contributed by atoms with Crippen LogP contribution in [0.25, 0.3) is 10.8 Å². The fourth-order valence-electron chi connectivity index (χ4n) is 2.30. The molecule has 94 valence electrons. The first-order chi connectivity index (χ1) is 8.83. The lowest BCUT2D eigenvalue weighted by Crippen LogP contribution is -2.34. The fourth-order valence-corrected chi connectivity index (χ4v) is 2.30. The van der Waals surface area contributed by atoms with Gasteiger partial charge in [0.15, 0.2) is 0 Å². The predicted octanol–water partition coefficient (Wildman–Crippen LogP) is 2.50. The minimum atomic E-state index is -0.274. The Morgan fingerprint density at radius 2 is 2.11 bits per heavy atom. The van der Waals surface area contributed by atoms with Crippen molar-refractivity contribution >= 4 is 10.8 Å². The Hall–Kier alpha value is -1.68. The molecule has 0 unspecified atom stereocenters. The first kappa shape index (κ1) is 11.4. The normalized spacial score (nSPS) is 16.9. The Balaban J connectivity index is 1.87. The maximum absolute atomic E-state index is 13.9. The lowest BCUT2D eigenvalue weighted by atomic mass is 10.1. The van der Waals surface area contributed by atoms with Crippen molar-refractivity contribution in [2.45, 2.75) is 18.9 Å². The van der Waals surface area contributed by atoms with Gasteiger partial charge in [-0.3, -0.25) is 4.98 Å². The summed E-state index contributed by atoms with van der Waals surface area (Å²) in [5.41, 5.74) is 0. The zero-order valence-electron chi connectivity index (χ0n) is 10.0. The summed E-state index contributed by atoms with van der Waals surface area (Å²) in [4.78, 5) is 3.93. The van der Waals surface area contributed by atoms with Crippen LogP contribution in [0.4, 0.5) is 4.39 Å². The molecule has 2 aromatic rings. The molecule has 1 saturated heterocycles. The fraction of sp³-hybridized carbons (Fsp3) is 0.357. The highest BCUT2D eigenvalue weighted by Crippen LogP contribution is 2.25. The number of fused-ring (bicyclic) bond motifs is 1. The highest BCUT2D eigenvalue weighted by molar-refractivity contribution is 5.83. The van der Waals surface area contributed by atoms with Crippen LogP contribution >= 0.6 is 0 Å². The Bertz CT molecular complexity index is 552. The number of halogens is 1. The molecule has 18 heavy (non-hydrogen) atoms. The van der Waals surface area contributed by atoms with Crippen LogP contribution in [0.3, 0.4) is 0 Å². The molecule has 0 radical (unpaired) electrons. The zero-order chi connectivity index (χ0) is 12.4. The minimum Gasteiger partial charge on any atom is -0.490 e. The summed E-state index contributed by atoms with van der Waals surface area (Å²) in [7, 11) is 0. The van der Waals surface area contributed by atoms with Crippen molar-refractivity contribution in [1.82, 2.24) is 10.3 Å². The molecule has 1 aliphatic rings. The molecule has 1 aromatic carbocycles. The summed E-state index contributed by atoms with van der Waals surface area (Å²) >= 11 is 0. The second kappa shape index (κ2) is 4.90. The molecule has 0 spiro atoms. The number of pyridine rings is 1. The second-order valence-corrected chi connectivity index (χ2v) is 4.57. The van der Waals surface area contributed by atoms with Crippen molar-refractivity contribution in [3.63, 3.8) is 0 Å². The van der Waals surface area contributed by atoms with Crippen molar-refractivity contribution in [1.29, 1.82) is 0 Å². The smallest absolute Gasteiger partial charge is 0.136 e. The van der Waals surface area contributed by atoms with Crippen LogP contribution in [-0.4, -0.2) is 24.2 Å². The molecule has 3 nitrogen and oxygen atoms in total. The summed E-state index contributed by atoms with van der Waals surface area (Å²) in [6.45, 7) is 1.93. The van der Waals surface area contributed by atoms with E-state index in [0.29, 0.717) is 11.1 Å². The largest absolute Gasteiger partial charge is 0.490 e. The van der Waals surface area contributed by atoms with E-state index < -0.39 is 0 Å². The molecule has 1 aromatic heterocycles. The number of aromatic nitrogens is 1. The third-order valence-electron chi connectivity index (χ3n) is 3.27. The third kappa shape index (κ3) is 2.29. The zero-order valence-corrected chi connectivity index (χ0v) is 10.0. The Labute approximate surface area is 105 Å². The lowest BCUT2D eigenvalue weighted by molar-refractivity contribution is 0.162. The van der Waals surface area contributed by atoms with Crippen LogP contribution in [0.15, 0.2) is 30.6 Å². The number of piperidine rings is 1. The van der Waals surface area contributed by atoms with Crippen LogP contribution in [0.2, 0.25) is 0 Å². The number of hydrogen-bond donors (Lipinski definition) is 1. The van der Waals surface area contributed by atoms with E-state index in [4.69, 9.17) is 4.74 Å². The van der Waals surface area contributed by atoms with Crippen LogP contribution in [0.1, 0.15) is 12.8 Å². The average molecular weight is 246 g/mol. The number of nitrogens with one attached hydrogen (secondary N) is 1. The van der Waals surface area contributed by atoms with Crippen molar-refractivity contribution in [2.75, 3.05) is 13.1 Å². The second-order valence-electron chi connectivity index (χ2n) is 4.57. The maximum atomic E-state index is 13.9. The van der Waals surface area contributed by atoms with Crippen molar-refractivity contribution in [3.8, 4) is 5.75 Å². The molecule has 2 heterocycles. The summed E-state index contributed by atoms with van der Waals surface area (Å²) in [6, 6.07) is 5.13. The van der Waals surface area contributed by atoms with Crippen molar-refractivity contribution < 1.29 is 9.13 Å². The van der Waals surface area contributed by atoms with E-state index in [9.17, 15) is 4.39 Å². The van der Waals surface area contributed by atoms with Gasteiger partial charge in [-0.25, -0.2) is 4.39 Å². The molecule has 0 bridgehead atoms. The van der Waals surface area contributed by atoms with E-state index in [-0.39, 0.29) is 11.9 Å². The van der Waals surface area contributed by atoms with Gasteiger partial charge in [0.1, 0.15) is 17.7 Å². The molecule has 0 saturated carbocycles. The topological polar surface area (TPSA) is 34.1 Å². The maximum Gasteiger partial charge on any atom is 0.136 e. The van der Waals surface area contributed by atoms with E-state index in [1.165, 1.54) is 6.07 Å². The van der Waals surface area contributed by atoms with Gasteiger partial charge in [-0.15, -0.1) is 0 Å². The molecular weight excluding hydrogens is 231 g/mol. The van der Waals surface area contributed by atoms with E-state index in [1.807, 2.05) is 6.07 Å². The quantitative estimate of drug-likeness (QED) is 0.884. The highest BCUT2D eigenvalue weighted by Gasteiger charge is 2.15. The first-order valence-electron chi connectivity index (χ1n) is 6.23.